The van der Waals surface area contributed by atoms with Crippen LogP contribution in [-0.2, 0) is 0 Å². The first-order valence-corrected chi connectivity index (χ1v) is 5.20. The number of nitrogens with zero attached hydrogens (tertiary/aromatic N) is 1. The van der Waals surface area contributed by atoms with Gasteiger partial charge in [0.2, 0.25) is 0 Å². The van der Waals surface area contributed by atoms with Crippen molar-refractivity contribution >= 4 is 11.6 Å². The molecule has 0 bridgehead atoms. The topological polar surface area (TPSA) is 15.3 Å². The van der Waals surface area contributed by atoms with Crippen molar-refractivity contribution in [1.82, 2.24) is 10.4 Å². The second kappa shape index (κ2) is 5.35. The average Bonchev–Trinajstić information content (AvgIpc) is 2.14. The summed E-state index contributed by atoms with van der Waals surface area (Å²) in [6.45, 7) is 2.15. The lowest BCUT2D eigenvalue weighted by atomic mass is 10.1. The fraction of sp³-hybridized carbons (Fsp3) is 0.455. The normalized spacial score (nSPS) is 13.2. The Morgan fingerprint density at radius 1 is 1.43 bits per heavy atom. The molecule has 78 valence electrons. The predicted octanol–water partition coefficient (Wildman–Crippen LogP) is 2.86. The van der Waals surface area contributed by atoms with E-state index in [9.17, 15) is 0 Å². The third kappa shape index (κ3) is 3.29. The second-order valence-corrected chi connectivity index (χ2v) is 3.98. The van der Waals surface area contributed by atoms with E-state index in [1.165, 1.54) is 5.56 Å². The molecule has 0 radical (unpaired) electrons. The third-order valence-electron chi connectivity index (χ3n) is 2.07. The van der Waals surface area contributed by atoms with Gasteiger partial charge in [0.25, 0.3) is 0 Å². The molecule has 1 atom stereocenters. The average molecular weight is 213 g/mol. The Bertz CT molecular complexity index is 286. The molecular weight excluding hydrogens is 196 g/mol. The largest absolute Gasteiger partial charge is 0.250 e. The van der Waals surface area contributed by atoms with Crippen LogP contribution in [0.5, 0.6) is 0 Å². The monoisotopic (exact) mass is 212 g/mol. The number of hydrazine groups is 1. The van der Waals surface area contributed by atoms with Crippen LogP contribution in [0.25, 0.3) is 0 Å². The molecule has 3 heteroatoms. The minimum absolute atomic E-state index is 0.337. The van der Waals surface area contributed by atoms with Gasteiger partial charge < -0.3 is 0 Å². The fourth-order valence-electron chi connectivity index (χ4n) is 1.44. The summed E-state index contributed by atoms with van der Waals surface area (Å²) in [6, 6.07) is 8.32. The number of rotatable bonds is 4. The highest BCUT2D eigenvalue weighted by molar-refractivity contribution is 6.30. The molecule has 0 aliphatic rings. The van der Waals surface area contributed by atoms with Crippen LogP contribution in [0.1, 0.15) is 24.9 Å². The molecule has 0 saturated carbocycles. The van der Waals surface area contributed by atoms with Gasteiger partial charge in [-0.1, -0.05) is 30.7 Å². The smallest absolute Gasteiger partial charge is 0.0462 e. The van der Waals surface area contributed by atoms with E-state index in [1.807, 2.05) is 37.3 Å². The quantitative estimate of drug-likeness (QED) is 0.773. The highest BCUT2D eigenvalue weighted by Gasteiger charge is 2.09. The van der Waals surface area contributed by atoms with Gasteiger partial charge in [0, 0.05) is 25.2 Å². The molecule has 1 aromatic carbocycles. The second-order valence-electron chi connectivity index (χ2n) is 3.54. The molecule has 0 heterocycles. The molecule has 0 spiro atoms. The Morgan fingerprint density at radius 3 is 2.64 bits per heavy atom. The number of hydrogen-bond donors (Lipinski definition) is 1. The van der Waals surface area contributed by atoms with E-state index in [4.69, 9.17) is 11.6 Å². The van der Waals surface area contributed by atoms with E-state index in [-0.39, 0.29) is 0 Å². The maximum atomic E-state index is 5.94. The Morgan fingerprint density at radius 2 is 2.14 bits per heavy atom. The van der Waals surface area contributed by atoms with Crippen molar-refractivity contribution in [2.75, 3.05) is 14.1 Å². The van der Waals surface area contributed by atoms with E-state index in [1.54, 1.807) is 0 Å². The summed E-state index contributed by atoms with van der Waals surface area (Å²) in [4.78, 5) is 0. The van der Waals surface area contributed by atoms with Crippen molar-refractivity contribution < 1.29 is 0 Å². The van der Waals surface area contributed by atoms with Gasteiger partial charge in [0.1, 0.15) is 0 Å². The highest BCUT2D eigenvalue weighted by Crippen LogP contribution is 2.20. The van der Waals surface area contributed by atoms with Crippen molar-refractivity contribution in [2.45, 2.75) is 19.4 Å². The van der Waals surface area contributed by atoms with Crippen LogP contribution in [-0.4, -0.2) is 19.1 Å². The SMILES string of the molecule is CCC(NN(C)C)c1cccc(Cl)c1. The molecule has 0 aliphatic carbocycles. The Kier molecular flexibility index (Phi) is 4.39. The minimum Gasteiger partial charge on any atom is -0.250 e. The molecule has 0 aromatic heterocycles. The Labute approximate surface area is 90.8 Å². The summed E-state index contributed by atoms with van der Waals surface area (Å²) in [5.41, 5.74) is 4.58. The Balaban J connectivity index is 2.78. The minimum atomic E-state index is 0.337. The zero-order valence-corrected chi connectivity index (χ0v) is 9.67. The summed E-state index contributed by atoms with van der Waals surface area (Å²) in [5.74, 6) is 0. The van der Waals surface area contributed by atoms with Gasteiger partial charge in [-0.3, -0.25) is 5.01 Å². The van der Waals surface area contributed by atoms with Gasteiger partial charge in [-0.15, -0.1) is 0 Å². The predicted molar refractivity (Wildman–Crippen MR) is 61.3 cm³/mol. The van der Waals surface area contributed by atoms with Crippen LogP contribution in [0.3, 0.4) is 0 Å². The lowest BCUT2D eigenvalue weighted by molar-refractivity contribution is 0.239. The van der Waals surface area contributed by atoms with Gasteiger partial charge in [-0.2, -0.15) is 0 Å². The maximum Gasteiger partial charge on any atom is 0.0462 e. The molecule has 2 nitrogen and oxygen atoms in total. The molecule has 1 aromatic rings. The number of hydrogen-bond acceptors (Lipinski definition) is 2. The number of halogens is 1. The third-order valence-corrected chi connectivity index (χ3v) is 2.31. The molecule has 0 fully saturated rings. The van der Waals surface area contributed by atoms with Crippen molar-refractivity contribution in [3.05, 3.63) is 34.9 Å². The van der Waals surface area contributed by atoms with Crippen LogP contribution in [0.2, 0.25) is 5.02 Å². The first-order valence-electron chi connectivity index (χ1n) is 4.82. The summed E-state index contributed by atoms with van der Waals surface area (Å²) in [7, 11) is 3.99. The molecule has 0 aliphatic heterocycles. The number of nitrogens with one attached hydrogen (secondary N) is 1. The highest BCUT2D eigenvalue weighted by atomic mass is 35.5. The molecule has 0 amide bonds. The van der Waals surface area contributed by atoms with E-state index in [0.29, 0.717) is 6.04 Å². The van der Waals surface area contributed by atoms with E-state index >= 15 is 0 Å². The summed E-state index contributed by atoms with van der Waals surface area (Å²) in [5, 5.41) is 2.76. The summed E-state index contributed by atoms with van der Waals surface area (Å²) < 4.78 is 0. The van der Waals surface area contributed by atoms with Crippen molar-refractivity contribution in [1.29, 1.82) is 0 Å². The van der Waals surface area contributed by atoms with Gasteiger partial charge in [-0.25, -0.2) is 5.43 Å². The zero-order chi connectivity index (χ0) is 10.6. The van der Waals surface area contributed by atoms with Gasteiger partial charge in [-0.05, 0) is 24.1 Å². The van der Waals surface area contributed by atoms with E-state index in [0.717, 1.165) is 11.4 Å². The van der Waals surface area contributed by atoms with Crippen LogP contribution < -0.4 is 5.43 Å². The first kappa shape index (κ1) is 11.5. The van der Waals surface area contributed by atoms with Gasteiger partial charge in [0.05, 0.1) is 0 Å². The maximum absolute atomic E-state index is 5.94. The van der Waals surface area contributed by atoms with E-state index in [2.05, 4.69) is 18.4 Å². The zero-order valence-electron chi connectivity index (χ0n) is 8.92. The Hall–Kier alpha value is -0.570. The lowest BCUT2D eigenvalue weighted by Gasteiger charge is -2.22. The van der Waals surface area contributed by atoms with Gasteiger partial charge in [0.15, 0.2) is 0 Å². The molecule has 0 saturated heterocycles. The van der Waals surface area contributed by atoms with Crippen molar-refractivity contribution in [3.63, 3.8) is 0 Å². The van der Waals surface area contributed by atoms with Gasteiger partial charge >= 0.3 is 0 Å². The fourth-order valence-corrected chi connectivity index (χ4v) is 1.64. The van der Waals surface area contributed by atoms with E-state index < -0.39 is 0 Å². The van der Waals surface area contributed by atoms with Crippen LogP contribution in [0.15, 0.2) is 24.3 Å². The van der Waals surface area contributed by atoms with Crippen LogP contribution in [0, 0.1) is 0 Å². The van der Waals surface area contributed by atoms with Crippen LogP contribution in [0.4, 0.5) is 0 Å². The summed E-state index contributed by atoms with van der Waals surface area (Å²) >= 11 is 5.94. The lowest BCUT2D eigenvalue weighted by Crippen LogP contribution is -2.33. The summed E-state index contributed by atoms with van der Waals surface area (Å²) in [6.07, 6.45) is 1.04. The van der Waals surface area contributed by atoms with Crippen LogP contribution >= 0.6 is 11.6 Å². The molecule has 1 rings (SSSR count). The molecule has 14 heavy (non-hydrogen) atoms. The molecular formula is C11H17ClN2. The standard InChI is InChI=1S/C11H17ClN2/c1-4-11(13-14(2)3)9-6-5-7-10(12)8-9/h5-8,11,13H,4H2,1-3H3. The first-order chi connectivity index (χ1) is 6.63. The van der Waals surface area contributed by atoms with Crippen molar-refractivity contribution in [3.8, 4) is 0 Å². The van der Waals surface area contributed by atoms with Crippen molar-refractivity contribution in [2.24, 2.45) is 0 Å². The number of benzene rings is 1. The molecule has 1 N–H and O–H groups in total. The molecule has 1 unspecified atom stereocenters.